The number of carbonyl (C=O) groups excluding carboxylic acids is 2. The van der Waals surface area contributed by atoms with E-state index in [9.17, 15) is 33.0 Å². The minimum Gasteiger partial charge on any atom is -0.469 e. The maximum atomic E-state index is 12.3. The molecule has 14 heteroatoms. The number of benzene rings is 1. The Hall–Kier alpha value is -3.23. The van der Waals surface area contributed by atoms with Crippen LogP contribution in [0.15, 0.2) is 28.8 Å². The van der Waals surface area contributed by atoms with E-state index in [2.05, 4.69) is 24.9 Å². The maximum absolute atomic E-state index is 12.3. The number of nitrogens with zero attached hydrogens (tertiary/aromatic N) is 2. The van der Waals surface area contributed by atoms with E-state index < -0.39 is 48.4 Å². The van der Waals surface area contributed by atoms with E-state index in [0.29, 0.717) is 5.56 Å². The maximum Gasteiger partial charge on any atom is 0.573 e. The highest BCUT2D eigenvalue weighted by molar-refractivity contribution is 5.81. The number of amides is 1. The number of rotatable bonds is 9. The van der Waals surface area contributed by atoms with Gasteiger partial charge in [-0.25, -0.2) is 0 Å². The molecule has 0 saturated carbocycles. The summed E-state index contributed by atoms with van der Waals surface area (Å²) in [4.78, 5) is 27.0. The van der Waals surface area contributed by atoms with Gasteiger partial charge in [0.1, 0.15) is 24.1 Å². The third-order valence-electron chi connectivity index (χ3n) is 4.94. The summed E-state index contributed by atoms with van der Waals surface area (Å²) in [6, 6.07) is 4.84. The van der Waals surface area contributed by atoms with Crippen molar-refractivity contribution in [3.63, 3.8) is 0 Å². The van der Waals surface area contributed by atoms with E-state index in [-0.39, 0.29) is 37.5 Å². The molecule has 0 bridgehead atoms. The fraction of sp³-hybridized carbons (Fsp3) is 0.500. The lowest BCUT2D eigenvalue weighted by molar-refractivity contribution is -0.274. The summed E-state index contributed by atoms with van der Waals surface area (Å²) in [7, 11) is 1.21. The summed E-state index contributed by atoms with van der Waals surface area (Å²) >= 11 is 0. The van der Waals surface area contributed by atoms with Crippen molar-refractivity contribution in [2.24, 2.45) is 0 Å². The Kier molecular flexibility index (Phi) is 8.06. The zero-order chi connectivity index (χ0) is 24.9. The minimum atomic E-state index is -4.81. The van der Waals surface area contributed by atoms with Crippen LogP contribution in [-0.2, 0) is 25.5 Å². The number of esters is 1. The monoisotopic (exact) mass is 489 g/mol. The van der Waals surface area contributed by atoms with Gasteiger partial charge < -0.3 is 34.3 Å². The number of hydrogen-bond donors (Lipinski definition) is 3. The second kappa shape index (κ2) is 10.8. The number of halogens is 3. The molecular formula is C20H22F3N3O8. The molecule has 186 valence electrons. The molecule has 2 aromatic rings. The Balaban J connectivity index is 1.53. The van der Waals surface area contributed by atoms with Crippen molar-refractivity contribution in [1.82, 2.24) is 15.5 Å². The first kappa shape index (κ1) is 25.4. The first-order chi connectivity index (χ1) is 16.1. The molecule has 1 fully saturated rings. The molecule has 2 heterocycles. The van der Waals surface area contributed by atoms with Gasteiger partial charge in [0.25, 0.3) is 0 Å². The topological polar surface area (TPSA) is 153 Å². The summed E-state index contributed by atoms with van der Waals surface area (Å²) in [6.45, 7) is -0.101. The number of aliphatic hydroxyl groups excluding tert-OH is 2. The molecule has 0 radical (unpaired) electrons. The van der Waals surface area contributed by atoms with Gasteiger partial charge in [0.15, 0.2) is 0 Å². The van der Waals surface area contributed by atoms with Gasteiger partial charge in [0.05, 0.1) is 26.1 Å². The lowest BCUT2D eigenvalue weighted by Gasteiger charge is -2.15. The van der Waals surface area contributed by atoms with Crippen molar-refractivity contribution < 1.29 is 51.7 Å². The van der Waals surface area contributed by atoms with Gasteiger partial charge >= 0.3 is 12.3 Å². The molecule has 0 spiro atoms. The van der Waals surface area contributed by atoms with Crippen LogP contribution in [0.1, 0.15) is 18.7 Å². The van der Waals surface area contributed by atoms with Crippen LogP contribution in [0.3, 0.4) is 0 Å². The average molecular weight is 489 g/mol. The Morgan fingerprint density at radius 1 is 1.12 bits per heavy atom. The van der Waals surface area contributed by atoms with Gasteiger partial charge in [-0.2, -0.15) is 4.98 Å². The van der Waals surface area contributed by atoms with E-state index >= 15 is 0 Å². The molecule has 1 aliphatic heterocycles. The third kappa shape index (κ3) is 6.88. The second-order valence-electron chi connectivity index (χ2n) is 7.36. The van der Waals surface area contributed by atoms with E-state index in [1.165, 1.54) is 19.2 Å². The Labute approximate surface area is 190 Å². The molecule has 0 unspecified atom stereocenters. The number of alkyl halides is 3. The number of carbonyl (C=O) groups is 2. The molecule has 3 N–H and O–H groups in total. The molecule has 1 aromatic heterocycles. The Morgan fingerprint density at radius 3 is 2.44 bits per heavy atom. The van der Waals surface area contributed by atoms with Crippen LogP contribution in [0.4, 0.5) is 13.2 Å². The highest BCUT2D eigenvalue weighted by Crippen LogP contribution is 2.27. The second-order valence-corrected chi connectivity index (χ2v) is 7.36. The lowest BCUT2D eigenvalue weighted by Crippen LogP contribution is -2.40. The SMILES string of the molecule is COC(=O)CCC(=O)NC[C@H]1O[C@@H](Cc2nc(-c3ccc(OC(F)(F)F)cc3)no2)[C@H](O)[C@@H]1O. The first-order valence-electron chi connectivity index (χ1n) is 10.1. The van der Waals surface area contributed by atoms with Crippen LogP contribution in [0.2, 0.25) is 0 Å². The zero-order valence-electron chi connectivity index (χ0n) is 17.8. The highest BCUT2D eigenvalue weighted by atomic mass is 19.4. The predicted molar refractivity (Wildman–Crippen MR) is 105 cm³/mol. The molecule has 0 aliphatic carbocycles. The Bertz CT molecular complexity index is 982. The van der Waals surface area contributed by atoms with Crippen molar-refractivity contribution in [3.05, 3.63) is 30.2 Å². The van der Waals surface area contributed by atoms with E-state index in [4.69, 9.17) is 9.26 Å². The van der Waals surface area contributed by atoms with Crippen LogP contribution in [0.5, 0.6) is 5.75 Å². The van der Waals surface area contributed by atoms with Gasteiger partial charge in [-0.05, 0) is 24.3 Å². The summed E-state index contributed by atoms with van der Waals surface area (Å²) in [6.07, 6.45) is -9.49. The van der Waals surface area contributed by atoms with Crippen molar-refractivity contribution in [2.45, 2.75) is 50.0 Å². The minimum absolute atomic E-state index is 0.0598. The molecule has 1 aromatic carbocycles. The molecule has 34 heavy (non-hydrogen) atoms. The summed E-state index contributed by atoms with van der Waals surface area (Å²) < 4.78 is 55.8. The molecule has 1 saturated heterocycles. The van der Waals surface area contributed by atoms with E-state index in [0.717, 1.165) is 12.1 Å². The smallest absolute Gasteiger partial charge is 0.469 e. The Morgan fingerprint density at radius 2 is 1.79 bits per heavy atom. The lowest BCUT2D eigenvalue weighted by atomic mass is 10.1. The predicted octanol–water partition coefficient (Wildman–Crippen LogP) is 0.736. The van der Waals surface area contributed by atoms with Crippen LogP contribution < -0.4 is 10.1 Å². The van der Waals surface area contributed by atoms with Crippen molar-refractivity contribution in [2.75, 3.05) is 13.7 Å². The largest absolute Gasteiger partial charge is 0.573 e. The standard InChI is InChI=1S/C20H22F3N3O8/c1-31-16(28)7-6-14(27)24-9-13-18(30)17(29)12(32-13)8-15-25-19(26-34-15)10-2-4-11(5-3-10)33-20(21,22)23/h2-5,12-13,17-18,29-30H,6-9H2,1H3,(H,24,27)/t12-,13+,17-,18+/m0/s1. The van der Waals surface area contributed by atoms with Crippen molar-refractivity contribution >= 4 is 11.9 Å². The number of nitrogens with one attached hydrogen (secondary N) is 1. The molecule has 3 rings (SSSR count). The quantitative estimate of drug-likeness (QED) is 0.430. The number of hydrogen-bond acceptors (Lipinski definition) is 10. The third-order valence-corrected chi connectivity index (χ3v) is 4.94. The van der Waals surface area contributed by atoms with Gasteiger partial charge in [0.2, 0.25) is 17.6 Å². The van der Waals surface area contributed by atoms with E-state index in [1.807, 2.05) is 0 Å². The molecule has 4 atom stereocenters. The van der Waals surface area contributed by atoms with Crippen molar-refractivity contribution in [3.8, 4) is 17.1 Å². The fourth-order valence-corrected chi connectivity index (χ4v) is 3.22. The number of aliphatic hydroxyl groups is 2. The first-order valence-corrected chi connectivity index (χ1v) is 10.1. The number of ether oxygens (including phenoxy) is 3. The summed E-state index contributed by atoms with van der Waals surface area (Å²) in [5.74, 6) is -1.24. The summed E-state index contributed by atoms with van der Waals surface area (Å²) in [5, 5.41) is 26.7. The molecule has 11 nitrogen and oxygen atoms in total. The highest BCUT2D eigenvalue weighted by Gasteiger charge is 2.43. The van der Waals surface area contributed by atoms with Gasteiger partial charge in [0, 0.05) is 18.5 Å². The van der Waals surface area contributed by atoms with Crippen LogP contribution in [-0.4, -0.2) is 76.7 Å². The molecule has 1 aliphatic rings. The fourth-order valence-electron chi connectivity index (χ4n) is 3.22. The van der Waals surface area contributed by atoms with Gasteiger partial charge in [-0.1, -0.05) is 5.16 Å². The average Bonchev–Trinajstić information content (AvgIpc) is 3.36. The number of methoxy groups -OCH3 is 1. The zero-order valence-corrected chi connectivity index (χ0v) is 17.8. The molecular weight excluding hydrogens is 467 g/mol. The van der Waals surface area contributed by atoms with Crippen LogP contribution >= 0.6 is 0 Å². The van der Waals surface area contributed by atoms with Gasteiger partial charge in [-0.15, -0.1) is 13.2 Å². The van der Waals surface area contributed by atoms with E-state index in [1.54, 1.807) is 0 Å². The number of aromatic nitrogens is 2. The normalized spacial score (nSPS) is 22.4. The van der Waals surface area contributed by atoms with Crippen molar-refractivity contribution in [1.29, 1.82) is 0 Å². The molecule has 1 amide bonds. The van der Waals surface area contributed by atoms with Crippen LogP contribution in [0.25, 0.3) is 11.4 Å². The van der Waals surface area contributed by atoms with Gasteiger partial charge in [-0.3, -0.25) is 9.59 Å². The van der Waals surface area contributed by atoms with Crippen LogP contribution in [0, 0.1) is 0 Å². The summed E-state index contributed by atoms with van der Waals surface area (Å²) in [5.41, 5.74) is 0.366.